The third kappa shape index (κ3) is 3.71. The third-order valence-electron chi connectivity index (χ3n) is 4.83. The highest BCUT2D eigenvalue weighted by Gasteiger charge is 2.38. The van der Waals surface area contributed by atoms with E-state index in [0.717, 1.165) is 45.1 Å². The fourth-order valence-electron chi connectivity index (χ4n) is 3.69. The summed E-state index contributed by atoms with van der Waals surface area (Å²) in [6.07, 6.45) is 8.06. The predicted molar refractivity (Wildman–Crippen MR) is 76.8 cm³/mol. The predicted octanol–water partition coefficient (Wildman–Crippen LogP) is 2.96. The van der Waals surface area contributed by atoms with Gasteiger partial charge in [-0.2, -0.15) is 0 Å². The number of hydrogen-bond donors (Lipinski definition) is 1. The zero-order chi connectivity index (χ0) is 13.8. The van der Waals surface area contributed by atoms with Gasteiger partial charge in [0.05, 0.1) is 6.10 Å². The van der Waals surface area contributed by atoms with Crippen LogP contribution in [0, 0.1) is 11.8 Å². The van der Waals surface area contributed by atoms with Crippen LogP contribution in [0.1, 0.15) is 65.2 Å². The van der Waals surface area contributed by atoms with E-state index in [-0.39, 0.29) is 6.10 Å². The van der Waals surface area contributed by atoms with Crippen molar-refractivity contribution in [3.05, 3.63) is 0 Å². The second kappa shape index (κ2) is 6.74. The summed E-state index contributed by atoms with van der Waals surface area (Å²) in [4.78, 5) is 14.4. The monoisotopic (exact) mass is 267 g/mol. The van der Waals surface area contributed by atoms with Crippen molar-refractivity contribution in [3.8, 4) is 0 Å². The van der Waals surface area contributed by atoms with E-state index in [1.54, 1.807) is 0 Å². The van der Waals surface area contributed by atoms with Gasteiger partial charge in [0.25, 0.3) is 0 Å². The smallest absolute Gasteiger partial charge is 0.222 e. The fraction of sp³-hybridized carbons (Fsp3) is 0.938. The molecule has 0 aromatic heterocycles. The lowest BCUT2D eigenvalue weighted by molar-refractivity contribution is -0.134. The van der Waals surface area contributed by atoms with E-state index in [9.17, 15) is 9.90 Å². The number of hydrogen-bond acceptors (Lipinski definition) is 2. The van der Waals surface area contributed by atoms with E-state index in [2.05, 4.69) is 18.7 Å². The highest BCUT2D eigenvalue weighted by atomic mass is 16.3. The summed E-state index contributed by atoms with van der Waals surface area (Å²) in [7, 11) is 0. The SMILES string of the molecule is CC(C)CCC(=O)N1CCCC1C1CCCCC1O. The molecule has 2 rings (SSSR count). The molecular weight excluding hydrogens is 238 g/mol. The van der Waals surface area contributed by atoms with Crippen molar-refractivity contribution < 1.29 is 9.90 Å². The van der Waals surface area contributed by atoms with Gasteiger partial charge in [-0.1, -0.05) is 26.7 Å². The summed E-state index contributed by atoms with van der Waals surface area (Å²) >= 11 is 0. The topological polar surface area (TPSA) is 40.5 Å². The lowest BCUT2D eigenvalue weighted by Gasteiger charge is -2.37. The molecule has 0 aromatic rings. The Balaban J connectivity index is 1.93. The molecule has 3 unspecified atom stereocenters. The van der Waals surface area contributed by atoms with E-state index in [1.165, 1.54) is 6.42 Å². The first kappa shape index (κ1) is 14.8. The van der Waals surface area contributed by atoms with Crippen LogP contribution in [-0.2, 0) is 4.79 Å². The summed E-state index contributed by atoms with van der Waals surface area (Å²) in [6, 6.07) is 0.315. The molecule has 0 aromatic carbocycles. The Morgan fingerprint density at radius 1 is 1.21 bits per heavy atom. The van der Waals surface area contributed by atoms with Crippen LogP contribution in [0.3, 0.4) is 0 Å². The van der Waals surface area contributed by atoms with Crippen molar-refractivity contribution >= 4 is 5.91 Å². The number of aliphatic hydroxyl groups is 1. The van der Waals surface area contributed by atoms with Crippen molar-refractivity contribution in [2.45, 2.75) is 77.4 Å². The Bertz CT molecular complexity index is 303. The number of aliphatic hydroxyl groups excluding tert-OH is 1. The van der Waals surface area contributed by atoms with E-state index in [0.29, 0.717) is 30.2 Å². The van der Waals surface area contributed by atoms with Crippen molar-refractivity contribution in [1.82, 2.24) is 4.90 Å². The highest BCUT2D eigenvalue weighted by molar-refractivity contribution is 5.76. The second-order valence-corrected chi connectivity index (χ2v) is 6.74. The van der Waals surface area contributed by atoms with Crippen molar-refractivity contribution in [2.24, 2.45) is 11.8 Å². The average molecular weight is 267 g/mol. The van der Waals surface area contributed by atoms with Gasteiger partial charge in [0, 0.05) is 24.9 Å². The first-order valence-electron chi connectivity index (χ1n) is 8.07. The number of likely N-dealkylation sites (tertiary alicyclic amines) is 1. The van der Waals surface area contributed by atoms with Crippen LogP contribution in [0.5, 0.6) is 0 Å². The van der Waals surface area contributed by atoms with Gasteiger partial charge in [-0.15, -0.1) is 0 Å². The maximum absolute atomic E-state index is 12.4. The minimum absolute atomic E-state index is 0.183. The largest absolute Gasteiger partial charge is 0.393 e. The van der Waals surface area contributed by atoms with E-state index in [1.807, 2.05) is 0 Å². The molecule has 1 saturated heterocycles. The molecule has 3 nitrogen and oxygen atoms in total. The molecule has 0 spiro atoms. The van der Waals surface area contributed by atoms with Crippen molar-refractivity contribution in [1.29, 1.82) is 0 Å². The molecule has 3 heteroatoms. The second-order valence-electron chi connectivity index (χ2n) is 6.74. The molecule has 1 N–H and O–H groups in total. The first-order valence-corrected chi connectivity index (χ1v) is 8.07. The standard InChI is InChI=1S/C16H29NO2/c1-12(2)9-10-16(19)17-11-5-7-14(17)13-6-3-4-8-15(13)18/h12-15,18H,3-11H2,1-2H3. The molecule has 19 heavy (non-hydrogen) atoms. The molecule has 2 aliphatic rings. The van der Waals surface area contributed by atoms with E-state index in [4.69, 9.17) is 0 Å². The summed E-state index contributed by atoms with van der Waals surface area (Å²) in [5, 5.41) is 10.2. The Morgan fingerprint density at radius 3 is 2.63 bits per heavy atom. The quantitative estimate of drug-likeness (QED) is 0.850. The number of amides is 1. The van der Waals surface area contributed by atoms with Crippen LogP contribution >= 0.6 is 0 Å². The Labute approximate surface area is 117 Å². The Hall–Kier alpha value is -0.570. The number of carbonyl (C=O) groups is 1. The van der Waals surface area contributed by atoms with Gasteiger partial charge in [-0.3, -0.25) is 4.79 Å². The molecule has 1 aliphatic heterocycles. The molecule has 110 valence electrons. The van der Waals surface area contributed by atoms with Crippen LogP contribution in [0.4, 0.5) is 0 Å². The third-order valence-corrected chi connectivity index (χ3v) is 4.83. The lowest BCUT2D eigenvalue weighted by atomic mass is 9.80. The van der Waals surface area contributed by atoms with Crippen LogP contribution in [0.25, 0.3) is 0 Å². The molecule has 3 atom stereocenters. The molecule has 2 fully saturated rings. The molecule has 0 radical (unpaired) electrons. The van der Waals surface area contributed by atoms with Gasteiger partial charge in [0.2, 0.25) is 5.91 Å². The normalized spacial score (nSPS) is 32.0. The van der Waals surface area contributed by atoms with Crippen LogP contribution < -0.4 is 0 Å². The van der Waals surface area contributed by atoms with E-state index < -0.39 is 0 Å². The van der Waals surface area contributed by atoms with Gasteiger partial charge in [0.1, 0.15) is 0 Å². The summed E-state index contributed by atoms with van der Waals surface area (Å²) < 4.78 is 0. The van der Waals surface area contributed by atoms with Crippen LogP contribution in [0.15, 0.2) is 0 Å². The molecular formula is C16H29NO2. The number of nitrogens with zero attached hydrogens (tertiary/aromatic N) is 1. The fourth-order valence-corrected chi connectivity index (χ4v) is 3.69. The van der Waals surface area contributed by atoms with Gasteiger partial charge < -0.3 is 10.0 Å². The zero-order valence-electron chi connectivity index (χ0n) is 12.5. The highest BCUT2D eigenvalue weighted by Crippen LogP contribution is 2.35. The molecule has 1 amide bonds. The summed E-state index contributed by atoms with van der Waals surface area (Å²) in [5.74, 6) is 1.23. The minimum Gasteiger partial charge on any atom is -0.393 e. The summed E-state index contributed by atoms with van der Waals surface area (Å²) in [5.41, 5.74) is 0. The van der Waals surface area contributed by atoms with Crippen LogP contribution in [-0.4, -0.2) is 34.6 Å². The zero-order valence-corrected chi connectivity index (χ0v) is 12.5. The molecule has 1 heterocycles. The average Bonchev–Trinajstić information content (AvgIpc) is 2.85. The maximum atomic E-state index is 12.4. The van der Waals surface area contributed by atoms with E-state index >= 15 is 0 Å². The molecule has 1 aliphatic carbocycles. The Kier molecular flexibility index (Phi) is 5.26. The van der Waals surface area contributed by atoms with Gasteiger partial charge in [-0.25, -0.2) is 0 Å². The van der Waals surface area contributed by atoms with Crippen molar-refractivity contribution in [2.75, 3.05) is 6.54 Å². The molecule has 1 saturated carbocycles. The van der Waals surface area contributed by atoms with Gasteiger partial charge in [0.15, 0.2) is 0 Å². The Morgan fingerprint density at radius 2 is 1.95 bits per heavy atom. The minimum atomic E-state index is -0.183. The number of carbonyl (C=O) groups excluding carboxylic acids is 1. The maximum Gasteiger partial charge on any atom is 0.222 e. The number of rotatable bonds is 4. The van der Waals surface area contributed by atoms with Crippen molar-refractivity contribution in [3.63, 3.8) is 0 Å². The lowest BCUT2D eigenvalue weighted by Crippen LogP contribution is -2.45. The van der Waals surface area contributed by atoms with Crippen LogP contribution in [0.2, 0.25) is 0 Å². The molecule has 0 bridgehead atoms. The van der Waals surface area contributed by atoms with Gasteiger partial charge >= 0.3 is 0 Å². The van der Waals surface area contributed by atoms with Gasteiger partial charge in [-0.05, 0) is 38.0 Å². The first-order chi connectivity index (χ1) is 9.09. The summed E-state index contributed by atoms with van der Waals surface area (Å²) in [6.45, 7) is 5.24.